The predicted molar refractivity (Wildman–Crippen MR) is 58.4 cm³/mol. The van der Waals surface area contributed by atoms with E-state index >= 15 is 0 Å². The van der Waals surface area contributed by atoms with Crippen molar-refractivity contribution in [3.05, 3.63) is 11.7 Å². The van der Waals surface area contributed by atoms with Crippen LogP contribution in [0, 0.1) is 11.8 Å². The van der Waals surface area contributed by atoms with Crippen LogP contribution in [0.15, 0.2) is 4.52 Å². The van der Waals surface area contributed by atoms with Gasteiger partial charge in [-0.25, -0.2) is 4.79 Å². The van der Waals surface area contributed by atoms with Gasteiger partial charge in [-0.05, 0) is 43.2 Å². The molecule has 5 nitrogen and oxygen atoms in total. The Morgan fingerprint density at radius 1 is 1.47 bits per heavy atom. The molecule has 1 heterocycles. The minimum atomic E-state index is -0.495. The number of fused-ring (bicyclic) bond motifs is 2. The van der Waals surface area contributed by atoms with Crippen LogP contribution in [0.2, 0.25) is 0 Å². The molecule has 0 saturated heterocycles. The number of hydrogen-bond acceptors (Lipinski definition) is 5. The van der Waals surface area contributed by atoms with Crippen LogP contribution in [-0.2, 0) is 4.74 Å². The molecule has 0 amide bonds. The largest absolute Gasteiger partial charge is 0.460 e. The first-order valence-electron chi connectivity index (χ1n) is 6.28. The zero-order chi connectivity index (χ0) is 11.8. The zero-order valence-electron chi connectivity index (χ0n) is 9.89. The van der Waals surface area contributed by atoms with Crippen molar-refractivity contribution < 1.29 is 14.1 Å². The highest BCUT2D eigenvalue weighted by Crippen LogP contribution is 2.52. The molecule has 92 valence electrons. The Hall–Kier alpha value is -1.39. The molecular weight excluding hydrogens is 220 g/mol. The monoisotopic (exact) mass is 236 g/mol. The first kappa shape index (κ1) is 10.7. The second kappa shape index (κ2) is 4.13. The Bertz CT molecular complexity index is 429. The van der Waals surface area contributed by atoms with Gasteiger partial charge in [0.25, 0.3) is 5.82 Å². The summed E-state index contributed by atoms with van der Waals surface area (Å²) >= 11 is 0. The van der Waals surface area contributed by atoms with Gasteiger partial charge in [-0.2, -0.15) is 4.98 Å². The highest BCUT2D eigenvalue weighted by molar-refractivity contribution is 5.84. The maximum atomic E-state index is 11.4. The lowest BCUT2D eigenvalue weighted by Crippen LogP contribution is -2.10. The molecule has 0 aromatic carbocycles. The van der Waals surface area contributed by atoms with Crippen LogP contribution in [0.1, 0.15) is 55.0 Å². The summed E-state index contributed by atoms with van der Waals surface area (Å²) in [7, 11) is 0. The van der Waals surface area contributed by atoms with Crippen molar-refractivity contribution in [2.24, 2.45) is 11.8 Å². The molecule has 5 heteroatoms. The second-order valence-corrected chi connectivity index (χ2v) is 4.96. The van der Waals surface area contributed by atoms with Crippen LogP contribution in [0.5, 0.6) is 0 Å². The summed E-state index contributed by atoms with van der Waals surface area (Å²) in [6.45, 7) is 2.09. The highest BCUT2D eigenvalue weighted by atomic mass is 16.5. The van der Waals surface area contributed by atoms with Crippen LogP contribution in [0.3, 0.4) is 0 Å². The average Bonchev–Trinajstić information content (AvgIpc) is 3.05. The maximum Gasteiger partial charge on any atom is 0.379 e. The molecule has 2 aliphatic carbocycles. The summed E-state index contributed by atoms with van der Waals surface area (Å²) in [5.41, 5.74) is 0. The van der Waals surface area contributed by atoms with Gasteiger partial charge in [0, 0.05) is 5.92 Å². The molecule has 0 aliphatic heterocycles. The molecule has 2 bridgehead atoms. The molecule has 3 rings (SSSR count). The number of rotatable bonds is 3. The summed E-state index contributed by atoms with van der Waals surface area (Å²) in [4.78, 5) is 15.6. The molecule has 0 spiro atoms. The number of aromatic nitrogens is 2. The van der Waals surface area contributed by atoms with Crippen molar-refractivity contribution >= 4 is 5.97 Å². The maximum absolute atomic E-state index is 11.4. The molecule has 3 unspecified atom stereocenters. The number of nitrogens with zero attached hydrogens (tertiary/aromatic N) is 2. The Kier molecular flexibility index (Phi) is 2.61. The standard InChI is InChI=1S/C12H16N2O3/c1-2-16-12(15)10-13-11(17-14-10)9-6-7-3-4-8(9)5-7/h7-9H,2-6H2,1H3. The molecule has 2 saturated carbocycles. The zero-order valence-corrected chi connectivity index (χ0v) is 9.89. The van der Waals surface area contributed by atoms with Gasteiger partial charge >= 0.3 is 5.97 Å². The van der Waals surface area contributed by atoms with E-state index < -0.39 is 5.97 Å². The van der Waals surface area contributed by atoms with Gasteiger partial charge in [0.05, 0.1) is 6.61 Å². The van der Waals surface area contributed by atoms with Gasteiger partial charge in [-0.1, -0.05) is 6.42 Å². The Morgan fingerprint density at radius 3 is 3.00 bits per heavy atom. The van der Waals surface area contributed by atoms with Crippen molar-refractivity contribution in [1.29, 1.82) is 0 Å². The summed E-state index contributed by atoms with van der Waals surface area (Å²) < 4.78 is 10.0. The topological polar surface area (TPSA) is 65.2 Å². The number of carbonyl (C=O) groups excluding carboxylic acids is 1. The molecule has 1 aromatic heterocycles. The first-order chi connectivity index (χ1) is 8.28. The minimum Gasteiger partial charge on any atom is -0.460 e. The smallest absolute Gasteiger partial charge is 0.379 e. The van der Waals surface area contributed by atoms with Gasteiger partial charge < -0.3 is 9.26 Å². The number of carbonyl (C=O) groups is 1. The fourth-order valence-electron chi connectivity index (χ4n) is 3.21. The minimum absolute atomic E-state index is 0.0598. The summed E-state index contributed by atoms with van der Waals surface area (Å²) in [6, 6.07) is 0. The van der Waals surface area contributed by atoms with Gasteiger partial charge in [-0.3, -0.25) is 0 Å². The summed E-state index contributed by atoms with van der Waals surface area (Å²) in [5.74, 6) is 2.05. The quantitative estimate of drug-likeness (QED) is 0.752. The van der Waals surface area contributed by atoms with Crippen LogP contribution in [0.4, 0.5) is 0 Å². The van der Waals surface area contributed by atoms with Crippen molar-refractivity contribution in [3.8, 4) is 0 Å². The van der Waals surface area contributed by atoms with Crippen molar-refractivity contribution in [1.82, 2.24) is 10.1 Å². The molecule has 17 heavy (non-hydrogen) atoms. The van der Waals surface area contributed by atoms with Crippen LogP contribution >= 0.6 is 0 Å². The van der Waals surface area contributed by atoms with Gasteiger partial charge in [0.2, 0.25) is 5.89 Å². The number of hydrogen-bond donors (Lipinski definition) is 0. The van der Waals surface area contributed by atoms with E-state index in [0.717, 1.165) is 12.3 Å². The first-order valence-corrected chi connectivity index (χ1v) is 6.28. The lowest BCUT2D eigenvalue weighted by Gasteiger charge is -2.16. The second-order valence-electron chi connectivity index (χ2n) is 4.96. The molecule has 2 aliphatic rings. The number of esters is 1. The Labute approximate surface area is 99.5 Å². The lowest BCUT2D eigenvalue weighted by molar-refractivity contribution is 0.0508. The molecule has 2 fully saturated rings. The molecule has 1 aromatic rings. The van der Waals surface area contributed by atoms with Crippen molar-refractivity contribution in [2.45, 2.75) is 38.5 Å². The Balaban J connectivity index is 1.74. The normalized spacial score (nSPS) is 30.8. The molecule has 3 atom stereocenters. The van der Waals surface area contributed by atoms with Gasteiger partial charge in [0.15, 0.2) is 0 Å². The van der Waals surface area contributed by atoms with Crippen molar-refractivity contribution in [3.63, 3.8) is 0 Å². The summed E-state index contributed by atoms with van der Waals surface area (Å²) in [5, 5.41) is 3.70. The van der Waals surface area contributed by atoms with E-state index in [1.165, 1.54) is 19.3 Å². The number of ether oxygens (including phenoxy) is 1. The molecular formula is C12H16N2O3. The van der Waals surface area contributed by atoms with Crippen LogP contribution < -0.4 is 0 Å². The van der Waals surface area contributed by atoms with Gasteiger partial charge in [0.1, 0.15) is 0 Å². The highest BCUT2D eigenvalue weighted by Gasteiger charge is 2.43. The third-order valence-electron chi connectivity index (χ3n) is 3.96. The third kappa shape index (κ3) is 1.83. The fraction of sp³-hybridized carbons (Fsp3) is 0.750. The SMILES string of the molecule is CCOC(=O)c1noc(C2CC3CCC2C3)n1. The van der Waals surface area contributed by atoms with E-state index in [1.807, 2.05) is 0 Å². The van der Waals surface area contributed by atoms with Crippen LogP contribution in [-0.4, -0.2) is 22.7 Å². The Morgan fingerprint density at radius 2 is 2.35 bits per heavy atom. The van der Waals surface area contributed by atoms with E-state index in [9.17, 15) is 4.79 Å². The lowest BCUT2D eigenvalue weighted by atomic mass is 9.89. The third-order valence-corrected chi connectivity index (χ3v) is 3.96. The molecule has 0 N–H and O–H groups in total. The van der Waals surface area contributed by atoms with E-state index in [4.69, 9.17) is 9.26 Å². The van der Waals surface area contributed by atoms with E-state index in [2.05, 4.69) is 10.1 Å². The van der Waals surface area contributed by atoms with Crippen LogP contribution in [0.25, 0.3) is 0 Å². The van der Waals surface area contributed by atoms with E-state index in [1.54, 1.807) is 6.92 Å². The predicted octanol–water partition coefficient (Wildman–Crippen LogP) is 2.15. The summed E-state index contributed by atoms with van der Waals surface area (Å²) in [6.07, 6.45) is 5.00. The van der Waals surface area contributed by atoms with Gasteiger partial charge in [-0.15, -0.1) is 0 Å². The van der Waals surface area contributed by atoms with E-state index in [-0.39, 0.29) is 5.82 Å². The fourth-order valence-corrected chi connectivity index (χ4v) is 3.21. The van der Waals surface area contributed by atoms with Crippen molar-refractivity contribution in [2.75, 3.05) is 6.61 Å². The van der Waals surface area contributed by atoms with E-state index in [0.29, 0.717) is 24.3 Å². The molecule has 0 radical (unpaired) electrons. The average molecular weight is 236 g/mol.